The van der Waals surface area contributed by atoms with E-state index in [1.54, 1.807) is 11.9 Å². The van der Waals surface area contributed by atoms with Crippen molar-refractivity contribution in [3.05, 3.63) is 23.8 Å². The number of fused-ring (bicyclic) bond motifs is 1. The average Bonchev–Trinajstić information content (AvgIpc) is 2.97. The highest BCUT2D eigenvalue weighted by Crippen LogP contribution is 2.36. The normalized spacial score (nSPS) is 25.5. The Morgan fingerprint density at radius 3 is 2.81 bits per heavy atom. The van der Waals surface area contributed by atoms with E-state index in [1.165, 1.54) is 19.5 Å². The lowest BCUT2D eigenvalue weighted by Crippen LogP contribution is -2.28. The summed E-state index contributed by atoms with van der Waals surface area (Å²) in [6.07, 6.45) is 1.26. The van der Waals surface area contributed by atoms with E-state index in [0.717, 1.165) is 29.4 Å². The molecule has 2 unspecified atom stereocenters. The van der Waals surface area contributed by atoms with Crippen molar-refractivity contribution >= 4 is 17.3 Å². The van der Waals surface area contributed by atoms with Gasteiger partial charge in [-0.3, -0.25) is 4.79 Å². The van der Waals surface area contributed by atoms with E-state index >= 15 is 0 Å². The van der Waals surface area contributed by atoms with Crippen LogP contribution in [0.25, 0.3) is 0 Å². The van der Waals surface area contributed by atoms with Gasteiger partial charge in [0.15, 0.2) is 0 Å². The molecule has 1 fully saturated rings. The number of likely N-dealkylation sites (tertiary alicyclic amines) is 1. The van der Waals surface area contributed by atoms with Crippen molar-refractivity contribution < 1.29 is 4.79 Å². The molecule has 0 spiro atoms. The number of anilines is 2. The van der Waals surface area contributed by atoms with E-state index in [1.807, 2.05) is 6.07 Å². The van der Waals surface area contributed by atoms with Crippen LogP contribution in [-0.4, -0.2) is 51.6 Å². The summed E-state index contributed by atoms with van der Waals surface area (Å²) in [6.45, 7) is 3.40. The summed E-state index contributed by atoms with van der Waals surface area (Å²) < 4.78 is 0. The molecule has 2 aliphatic heterocycles. The lowest BCUT2D eigenvalue weighted by Gasteiger charge is -2.24. The summed E-state index contributed by atoms with van der Waals surface area (Å²) in [5, 5.41) is 0. The van der Waals surface area contributed by atoms with Crippen LogP contribution < -0.4 is 15.5 Å². The number of likely N-dealkylation sites (N-methyl/N-ethyl adjacent to an activating group) is 1. The molecule has 1 amide bonds. The zero-order valence-electron chi connectivity index (χ0n) is 13.0. The highest BCUT2D eigenvalue weighted by molar-refractivity contribution is 6.04. The van der Waals surface area contributed by atoms with Crippen LogP contribution in [0.2, 0.25) is 0 Å². The van der Waals surface area contributed by atoms with Gasteiger partial charge in [0, 0.05) is 38.4 Å². The number of benzene rings is 1. The summed E-state index contributed by atoms with van der Waals surface area (Å²) in [5.74, 6) is 0.692. The van der Waals surface area contributed by atoms with Crippen molar-refractivity contribution in [1.29, 1.82) is 0 Å². The van der Waals surface area contributed by atoms with Gasteiger partial charge in [-0.15, -0.1) is 0 Å². The number of nitrogens with zero attached hydrogens (tertiary/aromatic N) is 3. The molecule has 0 aliphatic carbocycles. The van der Waals surface area contributed by atoms with Crippen LogP contribution in [0.15, 0.2) is 18.2 Å². The Morgan fingerprint density at radius 1 is 1.38 bits per heavy atom. The molecule has 2 aliphatic rings. The molecule has 2 atom stereocenters. The first-order chi connectivity index (χ1) is 9.97. The summed E-state index contributed by atoms with van der Waals surface area (Å²) in [7, 11) is 6.10. The van der Waals surface area contributed by atoms with Crippen LogP contribution >= 0.6 is 0 Å². The summed E-state index contributed by atoms with van der Waals surface area (Å²) >= 11 is 0. The zero-order chi connectivity index (χ0) is 15.1. The fourth-order valence-electron chi connectivity index (χ4n) is 3.45. The van der Waals surface area contributed by atoms with Crippen molar-refractivity contribution in [3.63, 3.8) is 0 Å². The van der Waals surface area contributed by atoms with E-state index in [9.17, 15) is 4.79 Å². The van der Waals surface area contributed by atoms with Crippen LogP contribution in [0, 0.1) is 5.92 Å². The molecule has 0 bridgehead atoms. The Kier molecular flexibility index (Phi) is 3.63. The Balaban J connectivity index is 1.76. The molecule has 2 heterocycles. The third-order valence-corrected chi connectivity index (χ3v) is 4.77. The van der Waals surface area contributed by atoms with E-state index in [4.69, 9.17) is 5.73 Å². The standard InChI is InChI=1S/C16H24N4O/c1-18-7-6-11(9-18)10-19(2)12-4-5-13-14(8-12)20(3)16(21)15(13)17/h4-5,8,11,15H,6-7,9-10,17H2,1-3H3. The van der Waals surface area contributed by atoms with E-state index < -0.39 is 6.04 Å². The van der Waals surface area contributed by atoms with Gasteiger partial charge in [0.25, 0.3) is 0 Å². The second kappa shape index (κ2) is 5.31. The molecule has 5 heteroatoms. The number of hydrogen-bond acceptors (Lipinski definition) is 4. The molecule has 1 aromatic rings. The molecule has 0 saturated carbocycles. The van der Waals surface area contributed by atoms with Gasteiger partial charge in [-0.2, -0.15) is 0 Å². The van der Waals surface area contributed by atoms with Crippen LogP contribution in [0.1, 0.15) is 18.0 Å². The first-order valence-electron chi connectivity index (χ1n) is 7.54. The van der Waals surface area contributed by atoms with Crippen LogP contribution in [0.3, 0.4) is 0 Å². The van der Waals surface area contributed by atoms with Gasteiger partial charge in [0.1, 0.15) is 6.04 Å². The van der Waals surface area contributed by atoms with Crippen molar-refractivity contribution in [3.8, 4) is 0 Å². The average molecular weight is 288 g/mol. The summed E-state index contributed by atoms with van der Waals surface area (Å²) in [5.41, 5.74) is 8.97. The fraction of sp³-hybridized carbons (Fsp3) is 0.562. The minimum Gasteiger partial charge on any atom is -0.374 e. The van der Waals surface area contributed by atoms with Gasteiger partial charge >= 0.3 is 0 Å². The Morgan fingerprint density at radius 2 is 2.14 bits per heavy atom. The first-order valence-corrected chi connectivity index (χ1v) is 7.54. The maximum absolute atomic E-state index is 11.9. The lowest BCUT2D eigenvalue weighted by atomic mass is 10.1. The predicted octanol–water partition coefficient (Wildman–Crippen LogP) is 1.05. The third-order valence-electron chi connectivity index (χ3n) is 4.77. The first kappa shape index (κ1) is 14.4. The van der Waals surface area contributed by atoms with Gasteiger partial charge in [-0.1, -0.05) is 6.07 Å². The topological polar surface area (TPSA) is 52.8 Å². The van der Waals surface area contributed by atoms with E-state index in [2.05, 4.69) is 36.0 Å². The third kappa shape index (κ3) is 2.51. The summed E-state index contributed by atoms with van der Waals surface area (Å²) in [6, 6.07) is 5.64. The van der Waals surface area contributed by atoms with E-state index in [0.29, 0.717) is 0 Å². The molecule has 0 radical (unpaired) electrons. The Bertz CT molecular complexity index is 559. The smallest absolute Gasteiger partial charge is 0.248 e. The maximum Gasteiger partial charge on any atom is 0.248 e. The van der Waals surface area contributed by atoms with Gasteiger partial charge in [-0.05, 0) is 38.1 Å². The number of amides is 1. The molecule has 21 heavy (non-hydrogen) atoms. The minimum absolute atomic E-state index is 0.0257. The van der Waals surface area contributed by atoms with E-state index in [-0.39, 0.29) is 5.91 Å². The highest BCUT2D eigenvalue weighted by atomic mass is 16.2. The Labute approximate surface area is 126 Å². The molecule has 1 saturated heterocycles. The van der Waals surface area contributed by atoms with Crippen LogP contribution in [-0.2, 0) is 4.79 Å². The minimum atomic E-state index is -0.507. The molecular formula is C16H24N4O. The number of carbonyl (C=O) groups is 1. The van der Waals surface area contributed by atoms with Crippen molar-refractivity contribution in [1.82, 2.24) is 4.90 Å². The van der Waals surface area contributed by atoms with Gasteiger partial charge < -0.3 is 20.4 Å². The molecule has 1 aromatic carbocycles. The predicted molar refractivity (Wildman–Crippen MR) is 85.7 cm³/mol. The molecule has 114 valence electrons. The summed E-state index contributed by atoms with van der Waals surface area (Å²) in [4.78, 5) is 18.3. The van der Waals surface area contributed by atoms with Crippen LogP contribution in [0.4, 0.5) is 11.4 Å². The van der Waals surface area contributed by atoms with Gasteiger partial charge in [0.05, 0.1) is 5.69 Å². The van der Waals surface area contributed by atoms with Gasteiger partial charge in [0.2, 0.25) is 5.91 Å². The SMILES string of the molecule is CN1CCC(CN(C)c2ccc3c(c2)N(C)C(=O)C3N)C1. The second-order valence-corrected chi connectivity index (χ2v) is 6.42. The lowest BCUT2D eigenvalue weighted by molar-refractivity contribution is -0.118. The van der Waals surface area contributed by atoms with Crippen molar-refractivity contribution in [2.75, 3.05) is 50.6 Å². The van der Waals surface area contributed by atoms with Crippen LogP contribution in [0.5, 0.6) is 0 Å². The number of hydrogen-bond donors (Lipinski definition) is 1. The molecule has 0 aromatic heterocycles. The molecule has 3 rings (SSSR count). The molecule has 5 nitrogen and oxygen atoms in total. The second-order valence-electron chi connectivity index (χ2n) is 6.42. The highest BCUT2D eigenvalue weighted by Gasteiger charge is 2.32. The molecular weight excluding hydrogens is 264 g/mol. The Hall–Kier alpha value is -1.59. The fourth-order valence-corrected chi connectivity index (χ4v) is 3.45. The zero-order valence-corrected chi connectivity index (χ0v) is 13.0. The monoisotopic (exact) mass is 288 g/mol. The number of nitrogens with two attached hydrogens (primary N) is 1. The van der Waals surface area contributed by atoms with Crippen molar-refractivity contribution in [2.24, 2.45) is 11.7 Å². The maximum atomic E-state index is 11.9. The quantitative estimate of drug-likeness (QED) is 0.903. The van der Waals surface area contributed by atoms with Gasteiger partial charge in [-0.25, -0.2) is 0 Å². The number of rotatable bonds is 3. The van der Waals surface area contributed by atoms with Crippen molar-refractivity contribution in [2.45, 2.75) is 12.5 Å². The largest absolute Gasteiger partial charge is 0.374 e. The number of carbonyl (C=O) groups excluding carboxylic acids is 1. The molecule has 2 N–H and O–H groups in total.